The molecular weight excluding hydrogens is 238 g/mol. The molecule has 1 aliphatic rings. The fourth-order valence-electron chi connectivity index (χ4n) is 2.56. The van der Waals surface area contributed by atoms with Crippen molar-refractivity contribution in [2.75, 3.05) is 18.4 Å². The normalized spacial score (nSPS) is 22.8. The van der Waals surface area contributed by atoms with E-state index in [1.165, 1.54) is 0 Å². The molecule has 1 aromatic rings. The van der Waals surface area contributed by atoms with Crippen LogP contribution in [0.4, 0.5) is 5.69 Å². The van der Waals surface area contributed by atoms with Crippen LogP contribution in [-0.2, 0) is 4.79 Å². The topological polar surface area (TPSA) is 67.2 Å². The lowest BCUT2D eigenvalue weighted by molar-refractivity contribution is -0.126. The SMILES string of the molecule is N[C@H]1CCCC[C@H]1C(=O)NCCNc1ccccc1. The van der Waals surface area contributed by atoms with Crippen LogP contribution in [0.2, 0.25) is 0 Å². The van der Waals surface area contributed by atoms with Gasteiger partial charge in [-0.3, -0.25) is 4.79 Å². The number of para-hydroxylation sites is 1. The second kappa shape index (κ2) is 7.14. The summed E-state index contributed by atoms with van der Waals surface area (Å²) in [7, 11) is 0. The molecule has 4 heteroatoms. The molecule has 4 nitrogen and oxygen atoms in total. The van der Waals surface area contributed by atoms with Gasteiger partial charge >= 0.3 is 0 Å². The molecule has 0 bridgehead atoms. The lowest BCUT2D eigenvalue weighted by Crippen LogP contribution is -2.44. The zero-order valence-electron chi connectivity index (χ0n) is 11.3. The van der Waals surface area contributed by atoms with Gasteiger partial charge in [0.05, 0.1) is 5.92 Å². The Morgan fingerprint density at radius 2 is 1.89 bits per heavy atom. The summed E-state index contributed by atoms with van der Waals surface area (Å²) in [4.78, 5) is 12.0. The van der Waals surface area contributed by atoms with E-state index in [1.54, 1.807) is 0 Å². The van der Waals surface area contributed by atoms with Gasteiger partial charge in [-0.1, -0.05) is 31.0 Å². The van der Waals surface area contributed by atoms with Gasteiger partial charge in [0.15, 0.2) is 0 Å². The number of hydrogen-bond acceptors (Lipinski definition) is 3. The average Bonchev–Trinajstić information content (AvgIpc) is 2.45. The molecule has 0 saturated heterocycles. The first-order valence-corrected chi connectivity index (χ1v) is 7.09. The Labute approximate surface area is 114 Å². The van der Waals surface area contributed by atoms with Crippen LogP contribution in [0.1, 0.15) is 25.7 Å². The van der Waals surface area contributed by atoms with Crippen molar-refractivity contribution in [3.05, 3.63) is 30.3 Å². The van der Waals surface area contributed by atoms with Crippen molar-refractivity contribution in [1.29, 1.82) is 0 Å². The van der Waals surface area contributed by atoms with E-state index < -0.39 is 0 Å². The van der Waals surface area contributed by atoms with Crippen molar-refractivity contribution < 1.29 is 4.79 Å². The number of amides is 1. The predicted octanol–water partition coefficient (Wildman–Crippen LogP) is 1.73. The molecule has 1 saturated carbocycles. The van der Waals surface area contributed by atoms with Crippen molar-refractivity contribution in [3.8, 4) is 0 Å². The van der Waals surface area contributed by atoms with E-state index >= 15 is 0 Å². The maximum atomic E-state index is 12.0. The first-order valence-electron chi connectivity index (χ1n) is 7.09. The van der Waals surface area contributed by atoms with Crippen LogP contribution in [0.3, 0.4) is 0 Å². The largest absolute Gasteiger partial charge is 0.383 e. The number of benzene rings is 1. The third kappa shape index (κ3) is 4.24. The summed E-state index contributed by atoms with van der Waals surface area (Å²) in [5, 5.41) is 6.24. The van der Waals surface area contributed by atoms with Crippen LogP contribution in [0, 0.1) is 5.92 Å². The summed E-state index contributed by atoms with van der Waals surface area (Å²) < 4.78 is 0. The Balaban J connectivity index is 1.66. The van der Waals surface area contributed by atoms with Crippen LogP contribution < -0.4 is 16.4 Å². The molecule has 1 aliphatic carbocycles. The molecule has 1 fully saturated rings. The summed E-state index contributed by atoms with van der Waals surface area (Å²) >= 11 is 0. The van der Waals surface area contributed by atoms with Gasteiger partial charge in [0.1, 0.15) is 0 Å². The highest BCUT2D eigenvalue weighted by atomic mass is 16.1. The summed E-state index contributed by atoms with van der Waals surface area (Å²) in [6.45, 7) is 1.37. The van der Waals surface area contributed by atoms with Gasteiger partial charge in [-0.05, 0) is 25.0 Å². The smallest absolute Gasteiger partial charge is 0.224 e. The molecule has 0 aliphatic heterocycles. The highest BCUT2D eigenvalue weighted by molar-refractivity contribution is 5.79. The number of nitrogens with one attached hydrogen (secondary N) is 2. The van der Waals surface area contributed by atoms with Crippen LogP contribution in [0.15, 0.2) is 30.3 Å². The van der Waals surface area contributed by atoms with Crippen LogP contribution in [0.25, 0.3) is 0 Å². The molecule has 0 heterocycles. The van der Waals surface area contributed by atoms with Crippen molar-refractivity contribution in [2.45, 2.75) is 31.7 Å². The number of carbonyl (C=O) groups excluding carboxylic acids is 1. The second-order valence-electron chi connectivity index (χ2n) is 5.14. The van der Waals surface area contributed by atoms with Crippen molar-refractivity contribution in [1.82, 2.24) is 5.32 Å². The Morgan fingerprint density at radius 1 is 1.16 bits per heavy atom. The Kier molecular flexibility index (Phi) is 5.21. The number of rotatable bonds is 5. The van der Waals surface area contributed by atoms with Gasteiger partial charge in [0, 0.05) is 24.8 Å². The maximum absolute atomic E-state index is 12.0. The lowest BCUT2D eigenvalue weighted by Gasteiger charge is -2.27. The fraction of sp³-hybridized carbons (Fsp3) is 0.533. The summed E-state index contributed by atoms with van der Waals surface area (Å²) in [6.07, 6.45) is 4.17. The summed E-state index contributed by atoms with van der Waals surface area (Å²) in [5.74, 6) is 0.118. The Bertz CT molecular complexity index is 394. The molecule has 4 N–H and O–H groups in total. The van der Waals surface area contributed by atoms with Gasteiger partial charge in [-0.15, -0.1) is 0 Å². The molecule has 2 rings (SSSR count). The van der Waals surface area contributed by atoms with Crippen LogP contribution >= 0.6 is 0 Å². The second-order valence-corrected chi connectivity index (χ2v) is 5.14. The Morgan fingerprint density at radius 3 is 2.63 bits per heavy atom. The van der Waals surface area contributed by atoms with E-state index in [0.29, 0.717) is 6.54 Å². The molecule has 104 valence electrons. The van der Waals surface area contributed by atoms with Crippen molar-refractivity contribution in [2.24, 2.45) is 11.7 Å². The molecule has 1 amide bonds. The number of nitrogens with two attached hydrogens (primary N) is 1. The van der Waals surface area contributed by atoms with Crippen LogP contribution in [0.5, 0.6) is 0 Å². The summed E-state index contributed by atoms with van der Waals surface area (Å²) in [5.41, 5.74) is 7.07. The first-order chi connectivity index (χ1) is 9.27. The minimum absolute atomic E-state index is 0.00507. The lowest BCUT2D eigenvalue weighted by atomic mass is 9.84. The molecule has 0 aromatic heterocycles. The molecule has 0 spiro atoms. The molecule has 1 aromatic carbocycles. The zero-order chi connectivity index (χ0) is 13.5. The van der Waals surface area contributed by atoms with E-state index in [2.05, 4.69) is 10.6 Å². The van der Waals surface area contributed by atoms with E-state index in [-0.39, 0.29) is 17.9 Å². The minimum Gasteiger partial charge on any atom is -0.383 e. The Hall–Kier alpha value is -1.55. The van der Waals surface area contributed by atoms with E-state index in [9.17, 15) is 4.79 Å². The van der Waals surface area contributed by atoms with Gasteiger partial charge in [-0.2, -0.15) is 0 Å². The number of anilines is 1. The number of carbonyl (C=O) groups is 1. The third-order valence-corrected chi connectivity index (χ3v) is 3.68. The molecule has 19 heavy (non-hydrogen) atoms. The first kappa shape index (κ1) is 13.9. The molecule has 0 unspecified atom stereocenters. The predicted molar refractivity (Wildman–Crippen MR) is 77.9 cm³/mol. The molecule has 0 radical (unpaired) electrons. The quantitative estimate of drug-likeness (QED) is 0.707. The van der Waals surface area contributed by atoms with Gasteiger partial charge in [0.2, 0.25) is 5.91 Å². The highest BCUT2D eigenvalue weighted by Gasteiger charge is 2.27. The van der Waals surface area contributed by atoms with E-state index in [4.69, 9.17) is 5.73 Å². The zero-order valence-corrected chi connectivity index (χ0v) is 11.3. The standard InChI is InChI=1S/C15H23N3O/c16-14-9-5-4-8-13(14)15(19)18-11-10-17-12-6-2-1-3-7-12/h1-3,6-7,13-14,17H,4-5,8-11,16H2,(H,18,19)/t13-,14+/m1/s1. The van der Waals surface area contributed by atoms with Crippen molar-refractivity contribution in [3.63, 3.8) is 0 Å². The van der Waals surface area contributed by atoms with Gasteiger partial charge in [0.25, 0.3) is 0 Å². The maximum Gasteiger partial charge on any atom is 0.224 e. The minimum atomic E-state index is 0.00507. The number of hydrogen-bond donors (Lipinski definition) is 3. The highest BCUT2D eigenvalue weighted by Crippen LogP contribution is 2.22. The van der Waals surface area contributed by atoms with Gasteiger partial charge < -0.3 is 16.4 Å². The van der Waals surface area contributed by atoms with Crippen molar-refractivity contribution >= 4 is 11.6 Å². The fourth-order valence-corrected chi connectivity index (χ4v) is 2.56. The van der Waals surface area contributed by atoms with E-state index in [0.717, 1.165) is 37.9 Å². The summed E-state index contributed by atoms with van der Waals surface area (Å²) in [6, 6.07) is 10.0. The monoisotopic (exact) mass is 261 g/mol. The molecule has 2 atom stereocenters. The van der Waals surface area contributed by atoms with Gasteiger partial charge in [-0.25, -0.2) is 0 Å². The van der Waals surface area contributed by atoms with E-state index in [1.807, 2.05) is 30.3 Å². The van der Waals surface area contributed by atoms with Crippen LogP contribution in [-0.4, -0.2) is 25.0 Å². The average molecular weight is 261 g/mol. The third-order valence-electron chi connectivity index (χ3n) is 3.68. The molecular formula is C15H23N3O.